The summed E-state index contributed by atoms with van der Waals surface area (Å²) in [6.45, 7) is 0. The normalized spacial score (nSPS) is 12.3. The SMILES string of the molecule is Cn1ccc2c(Br)c[c]([Sn]([CH3])([CH3])[CH3])n2c1=O. The Morgan fingerprint density at radius 2 is 1.94 bits per heavy atom. The minimum absolute atomic E-state index is 0.0461. The minimum atomic E-state index is -2.26. The van der Waals surface area contributed by atoms with Gasteiger partial charge in [-0.25, -0.2) is 0 Å². The maximum absolute atomic E-state index is 12.1. The van der Waals surface area contributed by atoms with Crippen LogP contribution in [0.1, 0.15) is 0 Å². The molecule has 16 heavy (non-hydrogen) atoms. The summed E-state index contributed by atoms with van der Waals surface area (Å²) in [7, 11) is 1.79. The van der Waals surface area contributed by atoms with Gasteiger partial charge in [-0.05, 0) is 0 Å². The van der Waals surface area contributed by atoms with Crippen LogP contribution in [0.2, 0.25) is 14.8 Å². The summed E-state index contributed by atoms with van der Waals surface area (Å²) >= 11 is 1.28. The second kappa shape index (κ2) is 3.91. The molecule has 0 aromatic carbocycles. The summed E-state index contributed by atoms with van der Waals surface area (Å²) < 4.78 is 5.74. The summed E-state index contributed by atoms with van der Waals surface area (Å²) in [6.07, 6.45) is 1.81. The molecule has 0 fully saturated rings. The van der Waals surface area contributed by atoms with Gasteiger partial charge in [-0.1, -0.05) is 0 Å². The van der Waals surface area contributed by atoms with Crippen LogP contribution >= 0.6 is 15.9 Å². The van der Waals surface area contributed by atoms with Crippen LogP contribution in [0.25, 0.3) is 5.52 Å². The fourth-order valence-corrected chi connectivity index (χ4v) is 7.12. The molecule has 0 radical (unpaired) electrons. The molecule has 0 N–H and O–H groups in total. The van der Waals surface area contributed by atoms with Crippen molar-refractivity contribution < 1.29 is 0 Å². The standard InChI is InChI=1S/C8H6BrN2O.3CH3.Sn/c1-10-4-3-7-6(9)2-5-11(7)8(10)12;;;;/h2-4H,1H3;3*1H3;. The van der Waals surface area contributed by atoms with Crippen LogP contribution in [0.4, 0.5) is 0 Å². The second-order valence-electron chi connectivity index (χ2n) is 5.06. The fourth-order valence-electron chi connectivity index (χ4n) is 1.81. The van der Waals surface area contributed by atoms with E-state index in [0.717, 1.165) is 9.99 Å². The molecule has 0 amide bonds. The molecule has 0 saturated carbocycles. The van der Waals surface area contributed by atoms with E-state index in [0.29, 0.717) is 0 Å². The zero-order valence-electron chi connectivity index (χ0n) is 9.91. The molecular formula is C11H15BrN2OSn. The fraction of sp³-hybridized carbons (Fsp3) is 0.364. The molecule has 0 bridgehead atoms. The molecule has 3 nitrogen and oxygen atoms in total. The van der Waals surface area contributed by atoms with E-state index < -0.39 is 18.4 Å². The summed E-state index contributed by atoms with van der Waals surface area (Å²) in [6, 6.07) is 4.10. The van der Waals surface area contributed by atoms with E-state index in [1.54, 1.807) is 11.6 Å². The molecule has 0 unspecified atom stereocenters. The first-order valence-electron chi connectivity index (χ1n) is 5.19. The Morgan fingerprint density at radius 1 is 1.31 bits per heavy atom. The predicted molar refractivity (Wildman–Crippen MR) is 73.3 cm³/mol. The number of fused-ring (bicyclic) bond motifs is 1. The van der Waals surface area contributed by atoms with E-state index in [4.69, 9.17) is 0 Å². The van der Waals surface area contributed by atoms with Crippen molar-refractivity contribution in [2.75, 3.05) is 0 Å². The van der Waals surface area contributed by atoms with E-state index in [2.05, 4.69) is 36.8 Å². The molecular weight excluding hydrogens is 375 g/mol. The third kappa shape index (κ3) is 1.86. The molecule has 0 spiro atoms. The summed E-state index contributed by atoms with van der Waals surface area (Å²) in [4.78, 5) is 19.1. The van der Waals surface area contributed by atoms with Crippen LogP contribution in [0.5, 0.6) is 0 Å². The summed E-state index contributed by atoms with van der Waals surface area (Å²) in [5.41, 5.74) is 1.02. The van der Waals surface area contributed by atoms with Crippen LogP contribution < -0.4 is 9.40 Å². The van der Waals surface area contributed by atoms with E-state index in [1.165, 1.54) is 3.71 Å². The van der Waals surface area contributed by atoms with Crippen molar-refractivity contribution >= 4 is 43.5 Å². The van der Waals surface area contributed by atoms with Gasteiger partial charge >= 0.3 is 108 Å². The Balaban J connectivity index is 2.98. The molecule has 2 aromatic rings. The third-order valence-corrected chi connectivity index (χ3v) is 8.78. The second-order valence-corrected chi connectivity index (χ2v) is 20.2. The molecule has 0 saturated heterocycles. The van der Waals surface area contributed by atoms with Crippen molar-refractivity contribution in [3.05, 3.63) is 33.3 Å². The molecule has 2 heterocycles. The monoisotopic (exact) mass is 390 g/mol. The van der Waals surface area contributed by atoms with Crippen molar-refractivity contribution in [1.82, 2.24) is 8.97 Å². The molecule has 5 heteroatoms. The van der Waals surface area contributed by atoms with Gasteiger partial charge in [-0.15, -0.1) is 0 Å². The third-order valence-electron chi connectivity index (χ3n) is 2.71. The topological polar surface area (TPSA) is 26.4 Å². The number of halogens is 1. The van der Waals surface area contributed by atoms with Gasteiger partial charge < -0.3 is 0 Å². The van der Waals surface area contributed by atoms with Crippen molar-refractivity contribution in [2.24, 2.45) is 7.05 Å². The first-order chi connectivity index (χ1) is 7.32. The van der Waals surface area contributed by atoms with Gasteiger partial charge in [-0.3, -0.25) is 0 Å². The van der Waals surface area contributed by atoms with Gasteiger partial charge in [0.1, 0.15) is 0 Å². The number of nitrogens with zero attached hydrogens (tertiary/aromatic N) is 2. The van der Waals surface area contributed by atoms with Crippen LogP contribution in [0, 0.1) is 0 Å². The number of hydrogen-bond donors (Lipinski definition) is 0. The molecule has 2 rings (SSSR count). The quantitative estimate of drug-likeness (QED) is 0.685. The average molecular weight is 390 g/mol. The van der Waals surface area contributed by atoms with Gasteiger partial charge in [-0.2, -0.15) is 0 Å². The van der Waals surface area contributed by atoms with Crippen molar-refractivity contribution in [2.45, 2.75) is 14.8 Å². The van der Waals surface area contributed by atoms with Crippen LogP contribution in [-0.2, 0) is 7.05 Å². The molecule has 0 aliphatic rings. The molecule has 0 atom stereocenters. The van der Waals surface area contributed by atoms with Gasteiger partial charge in [0.25, 0.3) is 0 Å². The Morgan fingerprint density at radius 3 is 2.50 bits per heavy atom. The zero-order chi connectivity index (χ0) is 12.1. The van der Waals surface area contributed by atoms with Crippen LogP contribution in [-0.4, -0.2) is 27.3 Å². The molecule has 86 valence electrons. The first kappa shape index (κ1) is 12.2. The number of hydrogen-bond acceptors (Lipinski definition) is 1. The average Bonchev–Trinajstić information content (AvgIpc) is 2.50. The van der Waals surface area contributed by atoms with Crippen molar-refractivity contribution in [3.8, 4) is 0 Å². The van der Waals surface area contributed by atoms with Crippen molar-refractivity contribution in [1.29, 1.82) is 0 Å². The van der Waals surface area contributed by atoms with Gasteiger partial charge in [0.15, 0.2) is 0 Å². The van der Waals surface area contributed by atoms with Crippen molar-refractivity contribution in [3.63, 3.8) is 0 Å². The Hall–Kier alpha value is -0.231. The Labute approximate surface area is 107 Å². The maximum atomic E-state index is 12.1. The Bertz CT molecular complexity index is 607. The number of aryl methyl sites for hydroxylation is 1. The van der Waals surface area contributed by atoms with E-state index in [-0.39, 0.29) is 5.69 Å². The van der Waals surface area contributed by atoms with Gasteiger partial charge in [0, 0.05) is 0 Å². The Kier molecular flexibility index (Phi) is 2.99. The summed E-state index contributed by atoms with van der Waals surface area (Å²) in [5.74, 6) is 0. The molecule has 2 aromatic heterocycles. The van der Waals surface area contributed by atoms with E-state index >= 15 is 0 Å². The molecule has 0 aliphatic heterocycles. The summed E-state index contributed by atoms with van der Waals surface area (Å²) in [5, 5.41) is 0. The first-order valence-corrected chi connectivity index (χ1v) is 16.0. The number of aromatic nitrogens is 2. The zero-order valence-corrected chi connectivity index (χ0v) is 14.4. The molecule has 0 aliphatic carbocycles. The van der Waals surface area contributed by atoms with E-state index in [9.17, 15) is 4.79 Å². The number of rotatable bonds is 1. The van der Waals surface area contributed by atoms with Gasteiger partial charge in [0.05, 0.1) is 0 Å². The van der Waals surface area contributed by atoms with E-state index in [1.807, 2.05) is 16.7 Å². The van der Waals surface area contributed by atoms with Crippen LogP contribution in [0.3, 0.4) is 0 Å². The predicted octanol–water partition coefficient (Wildman–Crippen LogP) is 1.95. The van der Waals surface area contributed by atoms with Crippen LogP contribution in [0.15, 0.2) is 27.6 Å². The van der Waals surface area contributed by atoms with Gasteiger partial charge in [0.2, 0.25) is 0 Å².